The van der Waals surface area contributed by atoms with Crippen LogP contribution in [0, 0.1) is 0 Å². The molecule has 1 aliphatic heterocycles. The Bertz CT molecular complexity index is 1150. The lowest BCUT2D eigenvalue weighted by molar-refractivity contribution is -0.140. The van der Waals surface area contributed by atoms with Gasteiger partial charge in [-0.3, -0.25) is 38.8 Å². The molecule has 0 unspecified atom stereocenters. The smallest absolute Gasteiger partial charge is 0.407 e. The van der Waals surface area contributed by atoms with Crippen molar-refractivity contribution < 1.29 is 58.2 Å². The van der Waals surface area contributed by atoms with Crippen LogP contribution in [0.25, 0.3) is 0 Å². The number of carbonyl (C=O) groups is 5. The van der Waals surface area contributed by atoms with Crippen molar-refractivity contribution in [1.82, 2.24) is 30.2 Å². The molecule has 1 saturated heterocycles. The molecule has 0 aromatic heterocycles. The molecule has 18 heteroatoms. The summed E-state index contributed by atoms with van der Waals surface area (Å²) in [6.45, 7) is 5.63. The van der Waals surface area contributed by atoms with E-state index < -0.39 is 24.0 Å². The average molecular weight is 741 g/mol. The Kier molecular flexibility index (Phi) is 23.6. The summed E-state index contributed by atoms with van der Waals surface area (Å²) in [5, 5.41) is 33.6. The molecule has 2 amide bonds. The molecule has 0 aliphatic carbocycles. The van der Waals surface area contributed by atoms with E-state index in [1.165, 1.54) is 0 Å². The van der Waals surface area contributed by atoms with Crippen LogP contribution in [0.1, 0.15) is 18.4 Å². The van der Waals surface area contributed by atoms with Crippen LogP contribution in [0.5, 0.6) is 0 Å². The Balaban J connectivity index is 1.56. The summed E-state index contributed by atoms with van der Waals surface area (Å²) in [7, 11) is 0. The minimum absolute atomic E-state index is 0.0571. The van der Waals surface area contributed by atoms with Crippen LogP contribution >= 0.6 is 0 Å². The van der Waals surface area contributed by atoms with Gasteiger partial charge in [-0.15, -0.1) is 0 Å². The molecule has 0 bridgehead atoms. The van der Waals surface area contributed by atoms with Crippen LogP contribution in [0.2, 0.25) is 0 Å². The Morgan fingerprint density at radius 2 is 0.923 bits per heavy atom. The highest BCUT2D eigenvalue weighted by molar-refractivity contribution is 5.78. The van der Waals surface area contributed by atoms with Gasteiger partial charge in [0.1, 0.15) is 6.61 Å². The molecule has 1 aromatic carbocycles. The fourth-order valence-electron chi connectivity index (χ4n) is 5.13. The Hall–Kier alpha value is -3.91. The second kappa shape index (κ2) is 27.7. The molecular weight excluding hydrogens is 684 g/mol. The Labute approximate surface area is 304 Å². The van der Waals surface area contributed by atoms with Gasteiger partial charge >= 0.3 is 24.0 Å². The van der Waals surface area contributed by atoms with Gasteiger partial charge in [0.15, 0.2) is 0 Å². The number of aliphatic carboxylic acids is 3. The van der Waals surface area contributed by atoms with Gasteiger partial charge in [0.2, 0.25) is 5.91 Å². The molecule has 0 atom stereocenters. The lowest BCUT2D eigenvalue weighted by Gasteiger charge is -2.32. The monoisotopic (exact) mass is 740 g/mol. The van der Waals surface area contributed by atoms with E-state index in [1.54, 1.807) is 14.7 Å². The van der Waals surface area contributed by atoms with Gasteiger partial charge < -0.3 is 44.9 Å². The van der Waals surface area contributed by atoms with Crippen LogP contribution in [0.3, 0.4) is 0 Å². The molecule has 294 valence electrons. The predicted molar refractivity (Wildman–Crippen MR) is 188 cm³/mol. The lowest BCUT2D eigenvalue weighted by atomic mass is 10.2. The number of rotatable bonds is 24. The SMILES string of the molecule is O=C(O)CN1CCN(CC(=O)O)CCN(CC(=O)NCCCOCCOCCOCCCNC(=O)OCc2ccccc2)CCN(CC(=O)O)CC1. The summed E-state index contributed by atoms with van der Waals surface area (Å²) in [6.07, 6.45) is 0.768. The molecule has 2 rings (SSSR count). The first-order valence-electron chi connectivity index (χ1n) is 17.6. The number of amides is 2. The zero-order valence-electron chi connectivity index (χ0n) is 30.0. The molecule has 5 N–H and O–H groups in total. The summed E-state index contributed by atoms with van der Waals surface area (Å²) >= 11 is 0. The highest BCUT2D eigenvalue weighted by atomic mass is 16.6. The van der Waals surface area contributed by atoms with Crippen molar-refractivity contribution in [3.05, 3.63) is 35.9 Å². The standard InChI is InChI=1S/C34H56N6O12/c41-30(24-37-10-12-38(25-31(42)43)14-16-40(27-33(46)47)17-15-39(13-11-37)26-32(44)45)35-8-4-18-49-20-22-51-23-21-50-19-5-9-36-34(48)52-28-29-6-2-1-3-7-29/h1-3,6-7H,4-5,8-28H2,(H,35,41)(H,36,48)(H,42,43)(H,44,45)(H,46,47). The quantitative estimate of drug-likeness (QED) is 0.0831. The first-order valence-corrected chi connectivity index (χ1v) is 17.6. The Morgan fingerprint density at radius 3 is 1.35 bits per heavy atom. The lowest BCUT2D eigenvalue weighted by Crippen LogP contribution is -2.49. The average Bonchev–Trinajstić information content (AvgIpc) is 3.10. The van der Waals surface area contributed by atoms with E-state index in [0.29, 0.717) is 118 Å². The van der Waals surface area contributed by atoms with Crippen LogP contribution < -0.4 is 10.6 Å². The van der Waals surface area contributed by atoms with E-state index in [2.05, 4.69) is 10.6 Å². The number of nitrogens with zero attached hydrogens (tertiary/aromatic N) is 4. The number of carboxylic acid groups (broad SMARTS) is 3. The van der Waals surface area contributed by atoms with Gasteiger partial charge in [-0.05, 0) is 18.4 Å². The Morgan fingerprint density at radius 1 is 0.538 bits per heavy atom. The molecule has 1 heterocycles. The normalized spacial score (nSPS) is 15.6. The number of carboxylic acids is 3. The minimum atomic E-state index is -1.02. The maximum atomic E-state index is 12.7. The third-order valence-corrected chi connectivity index (χ3v) is 7.85. The fraction of sp³-hybridized carbons (Fsp3) is 0.676. The van der Waals surface area contributed by atoms with Gasteiger partial charge in [-0.1, -0.05) is 30.3 Å². The van der Waals surface area contributed by atoms with Gasteiger partial charge in [0.25, 0.3) is 0 Å². The molecule has 52 heavy (non-hydrogen) atoms. The predicted octanol–water partition coefficient (Wildman–Crippen LogP) is -0.666. The van der Waals surface area contributed by atoms with Gasteiger partial charge in [0, 0.05) is 78.7 Å². The molecular formula is C34H56N6O12. The van der Waals surface area contributed by atoms with Crippen molar-refractivity contribution >= 4 is 29.9 Å². The van der Waals surface area contributed by atoms with Crippen molar-refractivity contribution in [1.29, 1.82) is 0 Å². The van der Waals surface area contributed by atoms with Gasteiger partial charge in [0.05, 0.1) is 52.6 Å². The van der Waals surface area contributed by atoms with Crippen molar-refractivity contribution in [3.63, 3.8) is 0 Å². The second-order valence-corrected chi connectivity index (χ2v) is 12.2. The largest absolute Gasteiger partial charge is 0.480 e. The third-order valence-electron chi connectivity index (χ3n) is 7.85. The topological polar surface area (TPSA) is 220 Å². The van der Waals surface area contributed by atoms with E-state index in [4.69, 9.17) is 18.9 Å². The number of alkyl carbamates (subject to hydrolysis) is 1. The summed E-state index contributed by atoms with van der Waals surface area (Å²) in [5.41, 5.74) is 0.922. The van der Waals surface area contributed by atoms with Gasteiger partial charge in [-0.2, -0.15) is 0 Å². The number of nitrogens with one attached hydrogen (secondary N) is 2. The number of ether oxygens (including phenoxy) is 4. The highest BCUT2D eigenvalue weighted by Gasteiger charge is 2.21. The zero-order chi connectivity index (χ0) is 37.8. The first kappa shape index (κ1) is 44.3. The van der Waals surface area contributed by atoms with E-state index in [1.807, 2.05) is 35.2 Å². The van der Waals surface area contributed by atoms with Crippen molar-refractivity contribution in [2.45, 2.75) is 19.4 Å². The van der Waals surface area contributed by atoms with E-state index in [9.17, 15) is 39.3 Å². The molecule has 0 saturated carbocycles. The van der Waals surface area contributed by atoms with Crippen molar-refractivity contribution in [2.75, 3.05) is 131 Å². The van der Waals surface area contributed by atoms with E-state index in [-0.39, 0.29) is 38.7 Å². The van der Waals surface area contributed by atoms with Crippen LogP contribution in [0.15, 0.2) is 30.3 Å². The molecule has 18 nitrogen and oxygen atoms in total. The summed E-state index contributed by atoms with van der Waals surface area (Å²) in [4.78, 5) is 65.7. The van der Waals surface area contributed by atoms with Crippen molar-refractivity contribution in [2.24, 2.45) is 0 Å². The maximum absolute atomic E-state index is 12.7. The molecule has 1 fully saturated rings. The molecule has 0 spiro atoms. The molecule has 1 aromatic rings. The summed E-state index contributed by atoms with van der Waals surface area (Å²) in [5.74, 6) is -3.24. The van der Waals surface area contributed by atoms with Crippen LogP contribution in [-0.4, -0.2) is 196 Å². The number of benzene rings is 1. The number of hydrogen-bond acceptors (Lipinski definition) is 13. The van der Waals surface area contributed by atoms with Gasteiger partial charge in [-0.25, -0.2) is 4.79 Å². The van der Waals surface area contributed by atoms with E-state index in [0.717, 1.165) is 5.56 Å². The first-order chi connectivity index (χ1) is 25.1. The number of hydrogen-bond donors (Lipinski definition) is 5. The molecule has 1 aliphatic rings. The van der Waals surface area contributed by atoms with Crippen molar-refractivity contribution in [3.8, 4) is 0 Å². The second-order valence-electron chi connectivity index (χ2n) is 12.2. The molecule has 0 radical (unpaired) electrons. The maximum Gasteiger partial charge on any atom is 0.407 e. The highest BCUT2D eigenvalue weighted by Crippen LogP contribution is 2.03. The third kappa shape index (κ3) is 23.5. The summed E-state index contributed by atoms with van der Waals surface area (Å²) in [6, 6.07) is 9.44. The van der Waals surface area contributed by atoms with Crippen LogP contribution in [-0.2, 0) is 44.7 Å². The van der Waals surface area contributed by atoms with Crippen LogP contribution in [0.4, 0.5) is 4.79 Å². The number of carbonyl (C=O) groups excluding carboxylic acids is 2. The fourth-order valence-corrected chi connectivity index (χ4v) is 5.13. The minimum Gasteiger partial charge on any atom is -0.480 e. The van der Waals surface area contributed by atoms with E-state index >= 15 is 0 Å². The summed E-state index contributed by atoms with van der Waals surface area (Å²) < 4.78 is 21.7. The zero-order valence-corrected chi connectivity index (χ0v) is 30.0.